The van der Waals surface area contributed by atoms with Gasteiger partial charge in [-0.15, -0.1) is 6.58 Å². The Morgan fingerprint density at radius 1 is 1.33 bits per heavy atom. The third-order valence-electron chi connectivity index (χ3n) is 4.79. The van der Waals surface area contributed by atoms with Crippen LogP contribution < -0.4 is 10.1 Å². The number of benzene rings is 2. The van der Waals surface area contributed by atoms with Gasteiger partial charge in [-0.3, -0.25) is 4.79 Å². The van der Waals surface area contributed by atoms with E-state index in [2.05, 4.69) is 16.9 Å². The second-order valence-electron chi connectivity index (χ2n) is 6.76. The first-order valence-electron chi connectivity index (χ1n) is 9.53. The van der Waals surface area contributed by atoms with Crippen LogP contribution in [0.5, 0.6) is 11.5 Å². The van der Waals surface area contributed by atoms with Crippen LogP contribution in [0, 0.1) is 11.3 Å². The zero-order chi connectivity index (χ0) is 21.5. The predicted octanol–water partition coefficient (Wildman–Crippen LogP) is 3.88. The number of fused-ring (bicyclic) bond motifs is 1. The van der Waals surface area contributed by atoms with E-state index in [4.69, 9.17) is 4.74 Å². The van der Waals surface area contributed by atoms with E-state index in [-0.39, 0.29) is 17.1 Å². The van der Waals surface area contributed by atoms with Gasteiger partial charge in [-0.2, -0.15) is 5.26 Å². The summed E-state index contributed by atoms with van der Waals surface area (Å²) in [7, 11) is 1.45. The normalized spacial score (nSPS) is 11.1. The molecule has 2 aromatic carbocycles. The van der Waals surface area contributed by atoms with Crippen LogP contribution in [-0.4, -0.2) is 29.7 Å². The van der Waals surface area contributed by atoms with E-state index in [9.17, 15) is 15.2 Å². The summed E-state index contributed by atoms with van der Waals surface area (Å²) < 4.78 is 5.19. The molecule has 0 bridgehead atoms. The second-order valence-corrected chi connectivity index (χ2v) is 6.76. The number of carbonyl (C=O) groups excluding carboxylic acids is 1. The molecule has 0 aliphatic heterocycles. The summed E-state index contributed by atoms with van der Waals surface area (Å²) in [6.45, 7) is 4.08. The van der Waals surface area contributed by atoms with Crippen LogP contribution >= 0.6 is 0 Å². The molecule has 0 aliphatic carbocycles. The number of methoxy groups -OCH3 is 1. The van der Waals surface area contributed by atoms with E-state index in [1.807, 2.05) is 36.5 Å². The molecule has 152 valence electrons. The first kappa shape index (κ1) is 20.7. The standard InChI is InChI=1S/C24H23N3O3/c1-3-6-17-11-16(13-22(30-2)23(17)28)12-19(14-25)24(29)26-10-9-18-15-27-21-8-5-4-7-20(18)21/h3-5,7-8,11-13,15,27-28H,1,6,9-10H2,2H3,(H,26,29). The number of H-pyrrole nitrogens is 1. The van der Waals surface area contributed by atoms with Crippen molar-refractivity contribution in [2.75, 3.05) is 13.7 Å². The van der Waals surface area contributed by atoms with Crippen LogP contribution in [0.25, 0.3) is 17.0 Å². The Morgan fingerprint density at radius 2 is 2.13 bits per heavy atom. The number of nitriles is 1. The van der Waals surface area contributed by atoms with E-state index in [0.717, 1.165) is 16.5 Å². The fourth-order valence-electron chi connectivity index (χ4n) is 3.30. The lowest BCUT2D eigenvalue weighted by Crippen LogP contribution is -2.26. The Morgan fingerprint density at radius 3 is 2.87 bits per heavy atom. The van der Waals surface area contributed by atoms with E-state index in [0.29, 0.717) is 30.5 Å². The summed E-state index contributed by atoms with van der Waals surface area (Å²) in [5.41, 5.74) is 3.32. The van der Waals surface area contributed by atoms with Crippen molar-refractivity contribution < 1.29 is 14.6 Å². The van der Waals surface area contributed by atoms with Crippen molar-refractivity contribution in [2.45, 2.75) is 12.8 Å². The second kappa shape index (κ2) is 9.48. The van der Waals surface area contributed by atoms with Crippen LogP contribution in [0.15, 0.2) is 60.8 Å². The van der Waals surface area contributed by atoms with Crippen molar-refractivity contribution in [2.24, 2.45) is 0 Å². The number of aromatic hydroxyl groups is 1. The number of carbonyl (C=O) groups is 1. The molecule has 6 nitrogen and oxygen atoms in total. The first-order valence-corrected chi connectivity index (χ1v) is 9.53. The highest BCUT2D eigenvalue weighted by Gasteiger charge is 2.13. The number of nitrogens with zero attached hydrogens (tertiary/aromatic N) is 1. The zero-order valence-corrected chi connectivity index (χ0v) is 16.7. The molecule has 0 aliphatic rings. The minimum absolute atomic E-state index is 0.0220. The van der Waals surface area contributed by atoms with Gasteiger partial charge in [0.25, 0.3) is 5.91 Å². The van der Waals surface area contributed by atoms with Crippen LogP contribution in [-0.2, 0) is 17.6 Å². The molecular formula is C24H23N3O3. The van der Waals surface area contributed by atoms with E-state index in [1.54, 1.807) is 18.2 Å². The maximum absolute atomic E-state index is 12.5. The van der Waals surface area contributed by atoms with E-state index < -0.39 is 5.91 Å². The Bertz CT molecular complexity index is 1150. The average Bonchev–Trinajstić information content (AvgIpc) is 3.17. The van der Waals surface area contributed by atoms with Gasteiger partial charge in [-0.1, -0.05) is 24.3 Å². The zero-order valence-electron chi connectivity index (χ0n) is 16.7. The third kappa shape index (κ3) is 4.53. The summed E-state index contributed by atoms with van der Waals surface area (Å²) in [6.07, 6.45) is 6.15. The summed E-state index contributed by atoms with van der Waals surface area (Å²) >= 11 is 0. The molecule has 0 saturated carbocycles. The molecule has 1 amide bonds. The van der Waals surface area contributed by atoms with Gasteiger partial charge in [0, 0.05) is 29.2 Å². The highest BCUT2D eigenvalue weighted by molar-refractivity contribution is 6.01. The van der Waals surface area contributed by atoms with Gasteiger partial charge in [0.05, 0.1) is 7.11 Å². The Balaban J connectivity index is 1.73. The van der Waals surface area contributed by atoms with Gasteiger partial charge in [0.1, 0.15) is 11.6 Å². The van der Waals surface area contributed by atoms with E-state index >= 15 is 0 Å². The average molecular weight is 401 g/mol. The van der Waals surface area contributed by atoms with Gasteiger partial charge >= 0.3 is 0 Å². The Kier molecular flexibility index (Phi) is 6.56. The number of hydrogen-bond acceptors (Lipinski definition) is 4. The number of allylic oxidation sites excluding steroid dienone is 1. The van der Waals surface area contributed by atoms with Crippen LogP contribution in [0.1, 0.15) is 16.7 Å². The number of aromatic amines is 1. The molecule has 0 fully saturated rings. The number of para-hydroxylation sites is 1. The number of amides is 1. The number of phenols is 1. The fraction of sp³-hybridized carbons (Fsp3) is 0.167. The van der Waals surface area contributed by atoms with Crippen LogP contribution in [0.2, 0.25) is 0 Å². The van der Waals surface area contributed by atoms with Gasteiger partial charge in [-0.25, -0.2) is 0 Å². The molecular weight excluding hydrogens is 378 g/mol. The Hall–Kier alpha value is -3.98. The van der Waals surface area contributed by atoms with E-state index in [1.165, 1.54) is 13.2 Å². The van der Waals surface area contributed by atoms with Gasteiger partial charge in [0.15, 0.2) is 11.5 Å². The lowest BCUT2D eigenvalue weighted by molar-refractivity contribution is -0.117. The number of hydrogen-bond donors (Lipinski definition) is 3. The van der Waals surface area contributed by atoms with Gasteiger partial charge < -0.3 is 20.1 Å². The van der Waals surface area contributed by atoms with Crippen molar-refractivity contribution in [3.63, 3.8) is 0 Å². The minimum Gasteiger partial charge on any atom is -0.504 e. The van der Waals surface area contributed by atoms with Crippen molar-refractivity contribution in [1.29, 1.82) is 5.26 Å². The highest BCUT2D eigenvalue weighted by atomic mass is 16.5. The van der Waals surface area contributed by atoms with Gasteiger partial charge in [-0.05, 0) is 48.2 Å². The predicted molar refractivity (Wildman–Crippen MR) is 117 cm³/mol. The van der Waals surface area contributed by atoms with Crippen molar-refractivity contribution in [3.8, 4) is 17.6 Å². The summed E-state index contributed by atoms with van der Waals surface area (Å²) in [5.74, 6) is -0.150. The topological polar surface area (TPSA) is 98.1 Å². The molecule has 30 heavy (non-hydrogen) atoms. The molecule has 0 saturated heterocycles. The monoisotopic (exact) mass is 401 g/mol. The lowest BCUT2D eigenvalue weighted by Gasteiger charge is -2.10. The minimum atomic E-state index is -0.449. The molecule has 0 unspecified atom stereocenters. The number of phenolic OH excluding ortho intramolecular Hbond substituents is 1. The molecule has 0 atom stereocenters. The van der Waals surface area contributed by atoms with Crippen molar-refractivity contribution in [3.05, 3.63) is 77.5 Å². The first-order chi connectivity index (χ1) is 14.6. The molecule has 0 spiro atoms. The SMILES string of the molecule is C=CCc1cc(C=C(C#N)C(=O)NCCc2c[nH]c3ccccc23)cc(OC)c1O. The molecule has 0 radical (unpaired) electrons. The summed E-state index contributed by atoms with van der Waals surface area (Å²) in [5, 5.41) is 23.6. The molecule has 1 heterocycles. The highest BCUT2D eigenvalue weighted by Crippen LogP contribution is 2.32. The molecule has 6 heteroatoms. The third-order valence-corrected chi connectivity index (χ3v) is 4.79. The number of rotatable bonds is 8. The van der Waals surface area contributed by atoms with Gasteiger partial charge in [0.2, 0.25) is 0 Å². The number of nitrogens with one attached hydrogen (secondary N) is 2. The quantitative estimate of drug-likeness (QED) is 0.303. The van der Waals surface area contributed by atoms with Crippen LogP contribution in [0.3, 0.4) is 0 Å². The molecule has 1 aromatic heterocycles. The maximum Gasteiger partial charge on any atom is 0.261 e. The Labute approximate surface area is 175 Å². The largest absolute Gasteiger partial charge is 0.504 e. The lowest BCUT2D eigenvalue weighted by atomic mass is 10.0. The smallest absolute Gasteiger partial charge is 0.261 e. The van der Waals surface area contributed by atoms with Crippen molar-refractivity contribution in [1.82, 2.24) is 10.3 Å². The summed E-state index contributed by atoms with van der Waals surface area (Å²) in [4.78, 5) is 15.7. The summed E-state index contributed by atoms with van der Waals surface area (Å²) in [6, 6.07) is 13.2. The number of ether oxygens (including phenoxy) is 1. The number of aromatic nitrogens is 1. The molecule has 3 aromatic rings. The van der Waals surface area contributed by atoms with Crippen molar-refractivity contribution >= 4 is 22.9 Å². The molecule has 3 rings (SSSR count). The maximum atomic E-state index is 12.5. The molecule has 3 N–H and O–H groups in total. The fourth-order valence-corrected chi connectivity index (χ4v) is 3.30. The van der Waals surface area contributed by atoms with Crippen LogP contribution in [0.4, 0.5) is 0 Å².